The lowest BCUT2D eigenvalue weighted by molar-refractivity contribution is 1.23. The standard InChI is InChI=1S/C37H23N5/c1-2-9-24(10-3-1)34-29-13-4-5-14-31(29)41-37(42-34)28-12-8-11-27(23-28)30-20-18-25-16-17-26-19-21-33(32-15-6-7-22-38-32)40-36(26)35(25)39-30/h1-23H. The Labute approximate surface area is 242 Å². The Morgan fingerprint density at radius 1 is 0.405 bits per heavy atom. The van der Waals surface area contributed by atoms with Gasteiger partial charge in [0.2, 0.25) is 0 Å². The van der Waals surface area contributed by atoms with E-state index in [2.05, 4.69) is 71.7 Å². The minimum Gasteiger partial charge on any atom is -0.255 e. The quantitative estimate of drug-likeness (QED) is 0.210. The van der Waals surface area contributed by atoms with Gasteiger partial charge in [0.1, 0.15) is 0 Å². The Kier molecular flexibility index (Phi) is 5.71. The highest BCUT2D eigenvalue weighted by Gasteiger charge is 2.13. The second-order valence-corrected chi connectivity index (χ2v) is 10.2. The van der Waals surface area contributed by atoms with Crippen LogP contribution in [0.25, 0.3) is 78.0 Å². The van der Waals surface area contributed by atoms with E-state index in [1.54, 1.807) is 6.20 Å². The van der Waals surface area contributed by atoms with Gasteiger partial charge >= 0.3 is 0 Å². The number of hydrogen-bond acceptors (Lipinski definition) is 5. The van der Waals surface area contributed by atoms with E-state index in [9.17, 15) is 0 Å². The van der Waals surface area contributed by atoms with E-state index >= 15 is 0 Å². The average molecular weight is 538 g/mol. The molecule has 4 aromatic carbocycles. The molecule has 0 aliphatic carbocycles. The zero-order valence-electron chi connectivity index (χ0n) is 22.5. The van der Waals surface area contributed by atoms with E-state index in [0.29, 0.717) is 5.82 Å². The van der Waals surface area contributed by atoms with Crippen LogP contribution in [0.15, 0.2) is 140 Å². The normalized spacial score (nSPS) is 11.3. The summed E-state index contributed by atoms with van der Waals surface area (Å²) in [5.41, 5.74) is 9.08. The van der Waals surface area contributed by atoms with Crippen molar-refractivity contribution >= 4 is 32.7 Å². The molecular weight excluding hydrogens is 514 g/mol. The second kappa shape index (κ2) is 9.98. The molecule has 0 radical (unpaired) electrons. The van der Waals surface area contributed by atoms with Gasteiger partial charge in [0.25, 0.3) is 0 Å². The third kappa shape index (κ3) is 4.25. The van der Waals surface area contributed by atoms with Gasteiger partial charge in [0, 0.05) is 39.0 Å². The zero-order valence-corrected chi connectivity index (χ0v) is 22.5. The molecule has 0 unspecified atom stereocenters. The van der Waals surface area contributed by atoms with Crippen molar-refractivity contribution in [3.05, 3.63) is 140 Å². The van der Waals surface area contributed by atoms with Crippen LogP contribution in [0.5, 0.6) is 0 Å². The van der Waals surface area contributed by atoms with Crippen LogP contribution in [-0.4, -0.2) is 24.9 Å². The molecule has 0 amide bonds. The molecule has 5 nitrogen and oxygen atoms in total. The number of fused-ring (bicyclic) bond motifs is 4. The number of benzene rings is 4. The molecule has 8 rings (SSSR count). The fourth-order valence-corrected chi connectivity index (χ4v) is 5.42. The summed E-state index contributed by atoms with van der Waals surface area (Å²) in [6, 6.07) is 45.0. The molecule has 0 bridgehead atoms. The van der Waals surface area contributed by atoms with Crippen LogP contribution in [0.3, 0.4) is 0 Å². The Bertz CT molecular complexity index is 2250. The van der Waals surface area contributed by atoms with Crippen LogP contribution in [0.2, 0.25) is 0 Å². The molecule has 0 fully saturated rings. The first-order valence-corrected chi connectivity index (χ1v) is 13.9. The van der Waals surface area contributed by atoms with E-state index in [1.165, 1.54) is 0 Å². The van der Waals surface area contributed by atoms with E-state index in [1.807, 2.05) is 66.7 Å². The Hall–Kier alpha value is -5.81. The number of hydrogen-bond donors (Lipinski definition) is 0. The lowest BCUT2D eigenvalue weighted by Gasteiger charge is -2.11. The van der Waals surface area contributed by atoms with Gasteiger partial charge in [-0.1, -0.05) is 97.1 Å². The predicted octanol–water partition coefficient (Wildman–Crippen LogP) is 8.79. The van der Waals surface area contributed by atoms with Crippen LogP contribution in [0, 0.1) is 0 Å². The number of nitrogens with zero attached hydrogens (tertiary/aromatic N) is 5. The molecule has 0 N–H and O–H groups in total. The average Bonchev–Trinajstić information content (AvgIpc) is 3.08. The van der Waals surface area contributed by atoms with Crippen molar-refractivity contribution in [3.63, 3.8) is 0 Å². The molecule has 42 heavy (non-hydrogen) atoms. The molecule has 4 heterocycles. The lowest BCUT2D eigenvalue weighted by atomic mass is 10.0. The highest BCUT2D eigenvalue weighted by atomic mass is 14.9. The van der Waals surface area contributed by atoms with Gasteiger partial charge in [0.05, 0.1) is 39.3 Å². The van der Waals surface area contributed by atoms with Gasteiger partial charge in [-0.3, -0.25) is 4.98 Å². The SMILES string of the molecule is c1ccc(-c2nc(-c3cccc(-c4ccc5ccc6ccc(-c7ccccn7)nc6c5n4)c3)nc3ccccc23)cc1. The maximum atomic E-state index is 5.13. The Morgan fingerprint density at radius 3 is 1.88 bits per heavy atom. The molecule has 0 aliphatic heterocycles. The fourth-order valence-electron chi connectivity index (χ4n) is 5.42. The maximum absolute atomic E-state index is 5.13. The van der Waals surface area contributed by atoms with E-state index in [0.717, 1.165) is 72.2 Å². The minimum atomic E-state index is 0.683. The van der Waals surface area contributed by atoms with Crippen LogP contribution >= 0.6 is 0 Å². The second-order valence-electron chi connectivity index (χ2n) is 10.2. The fraction of sp³-hybridized carbons (Fsp3) is 0. The maximum Gasteiger partial charge on any atom is 0.160 e. The number of para-hydroxylation sites is 1. The summed E-state index contributed by atoms with van der Waals surface area (Å²) >= 11 is 0. The number of pyridine rings is 3. The van der Waals surface area contributed by atoms with Crippen molar-refractivity contribution in [1.29, 1.82) is 0 Å². The van der Waals surface area contributed by atoms with Gasteiger partial charge in [-0.15, -0.1) is 0 Å². The predicted molar refractivity (Wildman–Crippen MR) is 170 cm³/mol. The summed E-state index contributed by atoms with van der Waals surface area (Å²) in [5, 5.41) is 3.11. The lowest BCUT2D eigenvalue weighted by Crippen LogP contribution is -1.95. The van der Waals surface area contributed by atoms with Crippen molar-refractivity contribution in [3.8, 4) is 45.3 Å². The van der Waals surface area contributed by atoms with Gasteiger partial charge in [0.15, 0.2) is 5.82 Å². The molecule has 0 aliphatic rings. The summed E-state index contributed by atoms with van der Waals surface area (Å²) in [4.78, 5) is 24.6. The summed E-state index contributed by atoms with van der Waals surface area (Å²) in [7, 11) is 0. The number of rotatable bonds is 4. The molecule has 8 aromatic rings. The molecule has 0 atom stereocenters. The van der Waals surface area contributed by atoms with E-state index in [-0.39, 0.29) is 0 Å². The van der Waals surface area contributed by atoms with E-state index < -0.39 is 0 Å². The highest BCUT2D eigenvalue weighted by Crippen LogP contribution is 2.32. The van der Waals surface area contributed by atoms with Gasteiger partial charge in [-0.25, -0.2) is 19.9 Å². The molecule has 4 aromatic heterocycles. The summed E-state index contributed by atoms with van der Waals surface area (Å²) in [6.45, 7) is 0. The molecule has 5 heteroatoms. The van der Waals surface area contributed by atoms with Crippen LogP contribution < -0.4 is 0 Å². The van der Waals surface area contributed by atoms with Gasteiger partial charge in [-0.2, -0.15) is 0 Å². The zero-order chi connectivity index (χ0) is 27.9. The van der Waals surface area contributed by atoms with Gasteiger partial charge in [-0.05, 0) is 36.4 Å². The Balaban J connectivity index is 1.26. The minimum absolute atomic E-state index is 0.683. The summed E-state index contributed by atoms with van der Waals surface area (Å²) < 4.78 is 0. The summed E-state index contributed by atoms with van der Waals surface area (Å²) in [6.07, 6.45) is 1.79. The van der Waals surface area contributed by atoms with Gasteiger partial charge < -0.3 is 0 Å². The van der Waals surface area contributed by atoms with Crippen molar-refractivity contribution in [1.82, 2.24) is 24.9 Å². The van der Waals surface area contributed by atoms with Crippen LogP contribution in [0.1, 0.15) is 0 Å². The first-order valence-electron chi connectivity index (χ1n) is 13.9. The van der Waals surface area contributed by atoms with E-state index in [4.69, 9.17) is 19.9 Å². The Morgan fingerprint density at radius 2 is 1.07 bits per heavy atom. The molecule has 0 saturated heterocycles. The first-order chi connectivity index (χ1) is 20.8. The monoisotopic (exact) mass is 537 g/mol. The number of aromatic nitrogens is 5. The smallest absolute Gasteiger partial charge is 0.160 e. The first kappa shape index (κ1) is 24.0. The largest absolute Gasteiger partial charge is 0.255 e. The van der Waals surface area contributed by atoms with Crippen molar-refractivity contribution in [2.45, 2.75) is 0 Å². The van der Waals surface area contributed by atoms with Crippen LogP contribution in [0.4, 0.5) is 0 Å². The molecular formula is C37H23N5. The molecule has 0 saturated carbocycles. The third-order valence-corrected chi connectivity index (χ3v) is 7.51. The van der Waals surface area contributed by atoms with Crippen molar-refractivity contribution < 1.29 is 0 Å². The molecule has 0 spiro atoms. The summed E-state index contributed by atoms with van der Waals surface area (Å²) in [5.74, 6) is 0.683. The third-order valence-electron chi connectivity index (χ3n) is 7.51. The van der Waals surface area contributed by atoms with Crippen molar-refractivity contribution in [2.24, 2.45) is 0 Å². The molecule has 196 valence electrons. The topological polar surface area (TPSA) is 64.5 Å². The van der Waals surface area contributed by atoms with Crippen LogP contribution in [-0.2, 0) is 0 Å². The van der Waals surface area contributed by atoms with Crippen molar-refractivity contribution in [2.75, 3.05) is 0 Å². The highest BCUT2D eigenvalue weighted by molar-refractivity contribution is 6.04.